The van der Waals surface area contributed by atoms with Gasteiger partial charge in [-0.2, -0.15) is 4.31 Å². The van der Waals surface area contributed by atoms with Gasteiger partial charge in [0.25, 0.3) is 0 Å². The summed E-state index contributed by atoms with van der Waals surface area (Å²) >= 11 is 3.09. The minimum absolute atomic E-state index is 0.0987. The molecular weight excluding hydrogens is 323 g/mol. The molecule has 0 bridgehead atoms. The molecule has 2 rings (SSSR count). The van der Waals surface area contributed by atoms with Crippen LogP contribution in [0.15, 0.2) is 27.6 Å². The highest BCUT2D eigenvalue weighted by atomic mass is 79.9. The maximum Gasteiger partial charge on any atom is 0.244 e. The Bertz CT molecular complexity index is 550. The summed E-state index contributed by atoms with van der Waals surface area (Å²) in [6.07, 6.45) is 0.772. The molecule has 1 aliphatic heterocycles. The normalized spacial score (nSPS) is 21.4. The minimum Gasteiger partial charge on any atom is -0.330 e. The van der Waals surface area contributed by atoms with Crippen molar-refractivity contribution < 1.29 is 12.8 Å². The molecule has 0 radical (unpaired) electrons. The van der Waals surface area contributed by atoms with Crippen molar-refractivity contribution in [1.82, 2.24) is 4.31 Å². The Kier molecular flexibility index (Phi) is 4.05. The zero-order valence-corrected chi connectivity index (χ0v) is 12.0. The van der Waals surface area contributed by atoms with E-state index >= 15 is 0 Å². The van der Waals surface area contributed by atoms with Gasteiger partial charge in [-0.25, -0.2) is 12.8 Å². The second-order valence-electron chi connectivity index (χ2n) is 4.33. The van der Waals surface area contributed by atoms with E-state index in [0.717, 1.165) is 18.6 Å². The third-order valence-corrected chi connectivity index (χ3v) is 5.94. The van der Waals surface area contributed by atoms with Crippen LogP contribution in [0.3, 0.4) is 0 Å². The van der Waals surface area contributed by atoms with Crippen molar-refractivity contribution in [3.05, 3.63) is 28.5 Å². The quantitative estimate of drug-likeness (QED) is 0.910. The van der Waals surface area contributed by atoms with E-state index in [-0.39, 0.29) is 15.3 Å². The summed E-state index contributed by atoms with van der Waals surface area (Å²) in [6.45, 7) is 1.38. The van der Waals surface area contributed by atoms with Gasteiger partial charge in [0, 0.05) is 17.6 Å². The number of hydrogen-bond acceptors (Lipinski definition) is 3. The number of sulfonamides is 1. The monoisotopic (exact) mass is 336 g/mol. The number of halogens is 2. The van der Waals surface area contributed by atoms with Gasteiger partial charge in [-0.15, -0.1) is 0 Å². The van der Waals surface area contributed by atoms with E-state index in [1.807, 2.05) is 0 Å². The molecule has 1 atom stereocenters. The van der Waals surface area contributed by atoms with Crippen LogP contribution in [-0.2, 0) is 10.0 Å². The first-order chi connectivity index (χ1) is 8.45. The second kappa shape index (κ2) is 5.24. The minimum atomic E-state index is -3.56. The molecule has 0 saturated carbocycles. The van der Waals surface area contributed by atoms with Crippen LogP contribution in [0.4, 0.5) is 4.39 Å². The van der Waals surface area contributed by atoms with Crippen LogP contribution in [0.1, 0.15) is 6.42 Å². The summed E-state index contributed by atoms with van der Waals surface area (Å²) in [4.78, 5) is 0.0987. The molecular formula is C11H14BrFN2O2S. The lowest BCUT2D eigenvalue weighted by Crippen LogP contribution is -2.30. The molecule has 0 spiro atoms. The fraction of sp³-hybridized carbons (Fsp3) is 0.455. The Labute approximate surface area is 114 Å². The van der Waals surface area contributed by atoms with E-state index in [4.69, 9.17) is 5.73 Å². The fourth-order valence-electron chi connectivity index (χ4n) is 2.03. The lowest BCUT2D eigenvalue weighted by Gasteiger charge is -2.17. The lowest BCUT2D eigenvalue weighted by atomic mass is 10.1. The second-order valence-corrected chi connectivity index (χ2v) is 7.09. The van der Waals surface area contributed by atoms with Gasteiger partial charge in [0.2, 0.25) is 10.0 Å². The number of rotatable bonds is 3. The molecule has 1 aromatic carbocycles. The van der Waals surface area contributed by atoms with Crippen LogP contribution in [0, 0.1) is 11.7 Å². The smallest absolute Gasteiger partial charge is 0.244 e. The summed E-state index contributed by atoms with van der Waals surface area (Å²) in [7, 11) is -3.56. The van der Waals surface area contributed by atoms with E-state index in [1.54, 1.807) is 0 Å². The van der Waals surface area contributed by atoms with Crippen LogP contribution >= 0.6 is 15.9 Å². The molecule has 0 aromatic heterocycles. The van der Waals surface area contributed by atoms with Crippen molar-refractivity contribution in [1.29, 1.82) is 0 Å². The van der Waals surface area contributed by atoms with Gasteiger partial charge < -0.3 is 5.73 Å². The summed E-state index contributed by atoms with van der Waals surface area (Å²) in [6, 6.07) is 3.59. The maximum atomic E-state index is 13.0. The highest BCUT2D eigenvalue weighted by Gasteiger charge is 2.33. The first-order valence-electron chi connectivity index (χ1n) is 5.60. The van der Waals surface area contributed by atoms with E-state index in [0.29, 0.717) is 19.6 Å². The summed E-state index contributed by atoms with van der Waals surface area (Å²) < 4.78 is 39.4. The average Bonchev–Trinajstić information content (AvgIpc) is 2.77. The standard InChI is InChI=1S/C11H14BrFN2O2S/c12-10-5-9(13)1-2-11(10)18(16,17)15-4-3-8(6-14)7-15/h1-2,5,8H,3-4,6-7,14H2/t8-/m0/s1. The fourth-order valence-corrected chi connectivity index (χ4v) is 4.57. The van der Waals surface area contributed by atoms with Crippen molar-refractivity contribution in [2.24, 2.45) is 11.7 Å². The topological polar surface area (TPSA) is 63.4 Å². The molecule has 1 aliphatic rings. The molecule has 1 fully saturated rings. The number of benzene rings is 1. The van der Waals surface area contributed by atoms with Crippen LogP contribution in [0.2, 0.25) is 0 Å². The van der Waals surface area contributed by atoms with Crippen molar-refractivity contribution in [3.8, 4) is 0 Å². The Balaban J connectivity index is 2.31. The molecule has 0 unspecified atom stereocenters. The summed E-state index contributed by atoms with van der Waals surface area (Å²) in [5.74, 6) is -0.263. The Hall–Kier alpha value is -0.500. The van der Waals surface area contributed by atoms with Crippen LogP contribution in [0.5, 0.6) is 0 Å². The maximum absolute atomic E-state index is 13.0. The third-order valence-electron chi connectivity index (χ3n) is 3.09. The van der Waals surface area contributed by atoms with Gasteiger partial charge in [0.15, 0.2) is 0 Å². The molecule has 1 heterocycles. The van der Waals surface area contributed by atoms with Crippen molar-refractivity contribution >= 4 is 26.0 Å². The first kappa shape index (κ1) is 13.9. The van der Waals surface area contributed by atoms with Crippen LogP contribution in [0.25, 0.3) is 0 Å². The van der Waals surface area contributed by atoms with Gasteiger partial charge in [0.05, 0.1) is 4.90 Å². The van der Waals surface area contributed by atoms with Gasteiger partial charge in [-0.05, 0) is 53.0 Å². The number of hydrogen-bond donors (Lipinski definition) is 1. The predicted molar refractivity (Wildman–Crippen MR) is 70.0 cm³/mol. The number of nitrogens with zero attached hydrogens (tertiary/aromatic N) is 1. The van der Waals surface area contributed by atoms with Gasteiger partial charge in [0.1, 0.15) is 5.82 Å². The molecule has 7 heteroatoms. The molecule has 0 aliphatic carbocycles. The van der Waals surface area contributed by atoms with Crippen molar-refractivity contribution in [3.63, 3.8) is 0 Å². The van der Waals surface area contributed by atoms with Gasteiger partial charge >= 0.3 is 0 Å². The first-order valence-corrected chi connectivity index (χ1v) is 7.83. The molecule has 18 heavy (non-hydrogen) atoms. The van der Waals surface area contributed by atoms with Crippen molar-refractivity contribution in [2.45, 2.75) is 11.3 Å². The highest BCUT2D eigenvalue weighted by Crippen LogP contribution is 2.29. The molecule has 100 valence electrons. The SMILES string of the molecule is NC[C@@H]1CCN(S(=O)(=O)c2ccc(F)cc2Br)C1. The molecule has 0 amide bonds. The largest absolute Gasteiger partial charge is 0.330 e. The number of nitrogens with two attached hydrogens (primary N) is 1. The van der Waals surface area contributed by atoms with E-state index in [9.17, 15) is 12.8 Å². The molecule has 2 N–H and O–H groups in total. The van der Waals surface area contributed by atoms with E-state index in [1.165, 1.54) is 10.4 Å². The third kappa shape index (κ3) is 2.59. The van der Waals surface area contributed by atoms with Crippen LogP contribution in [-0.4, -0.2) is 32.4 Å². The van der Waals surface area contributed by atoms with Crippen molar-refractivity contribution in [2.75, 3.05) is 19.6 Å². The molecule has 1 aromatic rings. The Morgan fingerprint density at radius 2 is 2.22 bits per heavy atom. The zero-order chi connectivity index (χ0) is 13.3. The van der Waals surface area contributed by atoms with Gasteiger partial charge in [-0.1, -0.05) is 0 Å². The van der Waals surface area contributed by atoms with E-state index in [2.05, 4.69) is 15.9 Å². The highest BCUT2D eigenvalue weighted by molar-refractivity contribution is 9.10. The van der Waals surface area contributed by atoms with Crippen LogP contribution < -0.4 is 5.73 Å². The summed E-state index contributed by atoms with van der Waals surface area (Å²) in [5.41, 5.74) is 5.55. The van der Waals surface area contributed by atoms with Gasteiger partial charge in [-0.3, -0.25) is 0 Å². The molecule has 4 nitrogen and oxygen atoms in total. The Morgan fingerprint density at radius 3 is 2.78 bits per heavy atom. The van der Waals surface area contributed by atoms with E-state index < -0.39 is 15.8 Å². The average molecular weight is 337 g/mol. The Morgan fingerprint density at radius 1 is 1.50 bits per heavy atom. The molecule has 1 saturated heterocycles. The summed E-state index contributed by atoms with van der Waals surface area (Å²) in [5, 5.41) is 0. The lowest BCUT2D eigenvalue weighted by molar-refractivity contribution is 0.458. The zero-order valence-electron chi connectivity index (χ0n) is 9.64. The predicted octanol–water partition coefficient (Wildman–Crippen LogP) is 1.56.